The van der Waals surface area contributed by atoms with E-state index in [4.69, 9.17) is 18.9 Å². The molecule has 0 aromatic rings. The van der Waals surface area contributed by atoms with E-state index >= 15 is 0 Å². The van der Waals surface area contributed by atoms with Crippen molar-refractivity contribution in [3.05, 3.63) is 10.4 Å². The molecular weight excluding hydrogens is 122 g/mol. The van der Waals surface area contributed by atoms with E-state index in [2.05, 4.69) is 5.11 Å². The van der Waals surface area contributed by atoms with Gasteiger partial charge in [-0.3, -0.25) is 4.79 Å². The van der Waals surface area contributed by atoms with E-state index in [9.17, 15) is 4.79 Å². The summed E-state index contributed by atoms with van der Waals surface area (Å²) in [5, 5.41) is 11.1. The maximum absolute atomic E-state index is 10.7. The Labute approximate surface area is 60.4 Å². The van der Waals surface area contributed by atoms with Gasteiger partial charge in [0.1, 0.15) is 5.54 Å². The van der Waals surface area contributed by atoms with Crippen molar-refractivity contribution in [3.8, 4) is 0 Å². The minimum Gasteiger partial charge on any atom is -0.481 e. The zero-order valence-electron chi connectivity index (χ0n) is 10.2. The number of carboxylic acid groups (broad SMARTS) is 1. The molecule has 0 aromatic carbocycles. The van der Waals surface area contributed by atoms with Crippen LogP contribution in [-0.4, -0.2) is 16.6 Å². The predicted octanol–water partition coefficient (Wildman–Crippen LogP) is 1.16. The summed E-state index contributed by atoms with van der Waals surface area (Å²) in [5.41, 5.74) is 4.62. The number of hydrogen-bond acceptors (Lipinski definition) is 2. The molecule has 5 heteroatoms. The van der Waals surface area contributed by atoms with Crippen molar-refractivity contribution in [3.63, 3.8) is 0 Å². The highest BCUT2D eigenvalue weighted by atomic mass is 16.4. The van der Waals surface area contributed by atoms with Gasteiger partial charge in [-0.1, -0.05) is 5.11 Å². The highest BCUT2D eigenvalue weighted by Gasteiger charge is 2.24. The van der Waals surface area contributed by atoms with Gasteiger partial charge in [0.2, 0.25) is 0 Å². The van der Waals surface area contributed by atoms with E-state index in [1.807, 2.05) is 4.91 Å². The number of azide groups is 1. The van der Waals surface area contributed by atoms with Crippen LogP contribution in [0.1, 0.15) is 21.9 Å². The quantitative estimate of drug-likeness (QED) is 0.350. The van der Waals surface area contributed by atoms with Gasteiger partial charge < -0.3 is 5.11 Å². The zero-order chi connectivity index (χ0) is 12.5. The van der Waals surface area contributed by atoms with Gasteiger partial charge in [-0.2, -0.15) is 0 Å². The van der Waals surface area contributed by atoms with Crippen molar-refractivity contribution in [2.24, 2.45) is 5.11 Å². The molecule has 0 spiro atoms. The number of rotatable bonds is 2. The Balaban J connectivity index is 5.95. The molecule has 0 rings (SSSR count). The monoisotopic (exact) mass is 135 g/mol. The average Bonchev–Trinajstić information content (AvgIpc) is 1.93. The fourth-order valence-corrected chi connectivity index (χ4v) is 0.110. The molecule has 0 aliphatic carbocycles. The number of nitrogens with zero attached hydrogens (tertiary/aromatic N) is 3. The first kappa shape index (κ1) is 2.19. The molecule has 0 saturated carbocycles. The highest BCUT2D eigenvalue weighted by molar-refractivity contribution is 5.77. The van der Waals surface area contributed by atoms with Crippen molar-refractivity contribution >= 4 is 5.97 Å². The molecule has 0 fully saturated rings. The van der Waals surface area contributed by atoms with Gasteiger partial charge in [0.05, 0.1) is 0 Å². The predicted molar refractivity (Wildman–Crippen MR) is 30.9 cm³/mol. The number of hydrogen-bond donors (Lipinski definition) is 1. The zero-order valence-corrected chi connectivity index (χ0v) is 4.20. The number of carboxylic acids is 1. The van der Waals surface area contributed by atoms with Crippen LogP contribution in [0.5, 0.6) is 0 Å². The summed E-state index contributed by atoms with van der Waals surface area (Å²) in [6, 6.07) is 0. The lowest BCUT2D eigenvalue weighted by molar-refractivity contribution is -0.141. The molecule has 0 aliphatic heterocycles. The van der Waals surface area contributed by atoms with Crippen molar-refractivity contribution in [2.75, 3.05) is 0 Å². The molecule has 0 bridgehead atoms. The van der Waals surface area contributed by atoms with E-state index in [1.165, 1.54) is 0 Å². The smallest absolute Gasteiger partial charge is 0.315 e. The molecule has 50 valence electrons. The molecule has 0 aromatic heterocycles. The number of aliphatic carboxylic acids is 1. The molecule has 0 amide bonds. The van der Waals surface area contributed by atoms with E-state index in [0.717, 1.165) is 0 Å². The number of carbonyl (C=O) groups is 1. The Morgan fingerprint density at radius 3 is 2.67 bits per heavy atom. The molecule has 0 atom stereocenters. The van der Waals surface area contributed by atoms with Gasteiger partial charge in [0, 0.05) is 13.1 Å². The summed E-state index contributed by atoms with van der Waals surface area (Å²) in [6.45, 7) is -6.92. The minimum atomic E-state index is -3.46. The molecular formula is C4H7N3O2. The van der Waals surface area contributed by atoms with Crippen LogP contribution in [0, 0.1) is 0 Å². The fraction of sp³-hybridized carbons (Fsp3) is 0.750. The van der Waals surface area contributed by atoms with E-state index in [0.29, 0.717) is 0 Å². The Hall–Kier alpha value is -1.22. The van der Waals surface area contributed by atoms with E-state index in [1.54, 1.807) is 0 Å². The van der Waals surface area contributed by atoms with Gasteiger partial charge in [0.15, 0.2) is 0 Å². The third kappa shape index (κ3) is 2.01. The van der Waals surface area contributed by atoms with Gasteiger partial charge in [-0.05, 0) is 19.2 Å². The second kappa shape index (κ2) is 2.37. The maximum atomic E-state index is 10.7. The largest absolute Gasteiger partial charge is 0.481 e. The summed E-state index contributed by atoms with van der Waals surface area (Å²) >= 11 is 0. The Morgan fingerprint density at radius 1 is 2.00 bits per heavy atom. The molecule has 0 saturated heterocycles. The molecule has 5 nitrogen and oxygen atoms in total. The van der Waals surface area contributed by atoms with Crippen LogP contribution in [0.25, 0.3) is 10.4 Å². The summed E-state index contributed by atoms with van der Waals surface area (Å²) in [5.74, 6) is -2.21. The molecule has 1 N–H and O–H groups in total. The van der Waals surface area contributed by atoms with Gasteiger partial charge >= 0.3 is 5.97 Å². The van der Waals surface area contributed by atoms with Crippen LogP contribution in [0.2, 0.25) is 0 Å². The van der Waals surface area contributed by atoms with Crippen LogP contribution < -0.4 is 0 Å². The molecule has 0 unspecified atom stereocenters. The van der Waals surface area contributed by atoms with Crippen LogP contribution in [0.3, 0.4) is 0 Å². The van der Waals surface area contributed by atoms with Crippen molar-refractivity contribution in [2.45, 2.75) is 19.2 Å². The molecule has 0 aliphatic rings. The summed E-state index contributed by atoms with van der Waals surface area (Å²) < 4.78 is 41.1. The average molecular weight is 135 g/mol. The Morgan fingerprint density at radius 2 is 2.56 bits per heavy atom. The second-order valence-corrected chi connectivity index (χ2v) is 1.21. The minimum absolute atomic E-state index is 1.99. The van der Waals surface area contributed by atoms with E-state index < -0.39 is 25.2 Å². The first-order chi connectivity index (χ1) is 6.50. The summed E-state index contributed by atoms with van der Waals surface area (Å²) in [4.78, 5) is 12.7. The summed E-state index contributed by atoms with van der Waals surface area (Å²) in [6.07, 6.45) is 0. The third-order valence-corrected chi connectivity index (χ3v) is 0.504. The van der Waals surface area contributed by atoms with Gasteiger partial charge in [0.25, 0.3) is 0 Å². The van der Waals surface area contributed by atoms with Crippen molar-refractivity contribution in [1.29, 1.82) is 0 Å². The van der Waals surface area contributed by atoms with Crippen LogP contribution in [0.4, 0.5) is 0 Å². The third-order valence-electron chi connectivity index (χ3n) is 0.504. The van der Waals surface area contributed by atoms with Gasteiger partial charge in [-0.15, -0.1) is 0 Å². The topological polar surface area (TPSA) is 86.1 Å². The van der Waals surface area contributed by atoms with Crippen LogP contribution >= 0.6 is 0 Å². The van der Waals surface area contributed by atoms with Crippen LogP contribution in [0.15, 0.2) is 5.11 Å². The lowest BCUT2D eigenvalue weighted by Crippen LogP contribution is -2.27. The molecule has 0 heterocycles. The highest BCUT2D eigenvalue weighted by Crippen LogP contribution is 2.07. The van der Waals surface area contributed by atoms with E-state index in [-0.39, 0.29) is 0 Å². The standard InChI is InChI=1S/C4H7N3O2/c1-4(2,3(8)9)6-7-5/h1-2H3,(H,8,9)/i1D3,2D3. The molecule has 9 heavy (non-hydrogen) atoms. The SMILES string of the molecule is [2H]C([2H])([2H])C(N=[N+]=[N-])(C(=O)O)C([2H])([2H])[2H]. The lowest BCUT2D eigenvalue weighted by atomic mass is 10.1. The Kier molecular flexibility index (Phi) is 0.576. The first-order valence-electron chi connectivity index (χ1n) is 4.80. The van der Waals surface area contributed by atoms with Crippen molar-refractivity contribution in [1.82, 2.24) is 0 Å². The normalized spacial score (nSPS) is 22.7. The van der Waals surface area contributed by atoms with Gasteiger partial charge in [-0.25, -0.2) is 0 Å². The van der Waals surface area contributed by atoms with Crippen LogP contribution in [-0.2, 0) is 4.79 Å². The second-order valence-electron chi connectivity index (χ2n) is 1.21. The first-order valence-corrected chi connectivity index (χ1v) is 1.80. The molecule has 0 radical (unpaired) electrons. The Bertz CT molecular complexity index is 295. The van der Waals surface area contributed by atoms with Crippen molar-refractivity contribution < 1.29 is 18.1 Å². The lowest BCUT2D eigenvalue weighted by Gasteiger charge is -2.08. The maximum Gasteiger partial charge on any atom is 0.315 e. The fourth-order valence-electron chi connectivity index (χ4n) is 0.110. The summed E-state index contributed by atoms with van der Waals surface area (Å²) in [7, 11) is 0.